The van der Waals surface area contributed by atoms with E-state index in [2.05, 4.69) is 44.0 Å². The van der Waals surface area contributed by atoms with Crippen LogP contribution in [-0.2, 0) is 30.3 Å². The number of anilines is 2. The maximum absolute atomic E-state index is 10.8. The fourth-order valence-corrected chi connectivity index (χ4v) is 3.66. The fraction of sp³-hybridized carbons (Fsp3) is 0.0800. The molecule has 3 heterocycles. The van der Waals surface area contributed by atoms with Crippen molar-refractivity contribution in [2.45, 2.75) is 13.1 Å². The third-order valence-corrected chi connectivity index (χ3v) is 5.48. The Balaban J connectivity index is 0.000000544. The molecule has 11 nitrogen and oxygen atoms in total. The van der Waals surface area contributed by atoms with Crippen LogP contribution >= 0.6 is 21.2 Å². The normalized spacial score (nSPS) is 15.5. The number of rotatable bonds is 8. The Morgan fingerprint density at radius 3 is 1.31 bits per heavy atom. The molecule has 2 aliphatic heterocycles. The van der Waals surface area contributed by atoms with E-state index in [1.54, 1.807) is 34.1 Å². The van der Waals surface area contributed by atoms with Crippen molar-refractivity contribution < 1.29 is 52.2 Å². The van der Waals surface area contributed by atoms with Crippen LogP contribution in [0.15, 0.2) is 91.5 Å². The Hall–Kier alpha value is -3.78. The van der Waals surface area contributed by atoms with E-state index in [0.29, 0.717) is 24.7 Å². The average molecular weight is 813 g/mol. The van der Waals surface area contributed by atoms with E-state index >= 15 is 0 Å². The van der Waals surface area contributed by atoms with Gasteiger partial charge in [-0.05, 0) is 23.3 Å². The molecule has 0 N–H and O–H groups in total. The van der Waals surface area contributed by atoms with Crippen molar-refractivity contribution in [1.29, 1.82) is 0 Å². The van der Waals surface area contributed by atoms with Crippen LogP contribution in [0.4, 0.5) is 48.2 Å². The number of nitro groups is 2. The molecule has 3 aromatic rings. The first-order chi connectivity index (χ1) is 20.9. The molecule has 5 rings (SSSR count). The van der Waals surface area contributed by atoms with Crippen LogP contribution in [0.25, 0.3) is 0 Å². The summed E-state index contributed by atoms with van der Waals surface area (Å²) in [6.07, 6.45) is 7.39. The molecule has 0 amide bonds. The Kier molecular flexibility index (Phi) is 10.9. The first kappa shape index (κ1) is 35.7. The minimum absolute atomic E-state index is 0.0576. The van der Waals surface area contributed by atoms with E-state index in [-0.39, 0.29) is 11.4 Å². The topological polar surface area (TPSA) is 112 Å². The summed E-state index contributed by atoms with van der Waals surface area (Å²) in [6.45, 7) is 7.44. The van der Waals surface area contributed by atoms with Crippen LogP contribution in [0, 0.1) is 33.6 Å². The monoisotopic (exact) mass is 811 g/mol. The second kappa shape index (κ2) is 13.7. The van der Waals surface area contributed by atoms with Gasteiger partial charge in [-0.2, -0.15) is 0 Å². The molecule has 2 aromatic carbocycles. The molecule has 0 aliphatic carbocycles. The van der Waals surface area contributed by atoms with Gasteiger partial charge in [-0.1, -0.05) is 30.3 Å². The zero-order valence-electron chi connectivity index (χ0n) is 22.2. The number of aromatic nitrogens is 1. The van der Waals surface area contributed by atoms with Crippen molar-refractivity contribution in [2.24, 2.45) is 0 Å². The summed E-state index contributed by atoms with van der Waals surface area (Å²) in [6, 6.07) is 18.5. The van der Waals surface area contributed by atoms with E-state index in [1.807, 2.05) is 52.8 Å². The third-order valence-electron chi connectivity index (χ3n) is 5.48. The van der Waals surface area contributed by atoms with Gasteiger partial charge < -0.3 is 9.80 Å². The van der Waals surface area contributed by atoms with Gasteiger partial charge in [0, 0.05) is 62.2 Å². The van der Waals surface area contributed by atoms with Gasteiger partial charge in [0.1, 0.15) is 11.6 Å². The van der Waals surface area contributed by atoms with Crippen molar-refractivity contribution in [3.8, 4) is 0 Å². The number of nitrogens with zero attached hydrogens (tertiary/aromatic N) is 7. The molecule has 0 fully saturated rings. The summed E-state index contributed by atoms with van der Waals surface area (Å²) in [5.74, 6) is 1.33. The van der Waals surface area contributed by atoms with E-state index in [1.165, 1.54) is 24.3 Å². The summed E-state index contributed by atoms with van der Waals surface area (Å²) >= 11 is 5.35. The Morgan fingerprint density at radius 2 is 1.00 bits per heavy atom. The number of non-ortho nitro benzene ring substituents is 2. The summed E-state index contributed by atoms with van der Waals surface area (Å²) in [5, 5.41) is 21.7. The van der Waals surface area contributed by atoms with Crippen molar-refractivity contribution in [3.63, 3.8) is 0 Å². The van der Waals surface area contributed by atoms with Crippen LogP contribution in [-0.4, -0.2) is 24.6 Å². The van der Waals surface area contributed by atoms with Crippen molar-refractivity contribution >= 4 is 44.2 Å². The van der Waals surface area contributed by atoms with Gasteiger partial charge in [0.05, 0.1) is 9.85 Å². The molecular formula is C25H19BrF6N7O4PPd. The number of nitro benzene ring substituents is 2. The number of hydrogen-bond acceptors (Lipinski definition) is 9. The van der Waals surface area contributed by atoms with E-state index in [9.17, 15) is 45.4 Å². The van der Waals surface area contributed by atoms with Gasteiger partial charge in [-0.3, -0.25) is 30.0 Å². The maximum atomic E-state index is 10.8. The predicted molar refractivity (Wildman–Crippen MR) is 154 cm³/mol. The fourth-order valence-electron chi connectivity index (χ4n) is 3.66. The minimum atomic E-state index is -10.7. The number of benzene rings is 2. The van der Waals surface area contributed by atoms with Crippen LogP contribution in [0.1, 0.15) is 11.1 Å². The predicted octanol–water partition coefficient (Wildman–Crippen LogP) is 8.70. The first-order valence-electron chi connectivity index (χ1n) is 12.0. The number of hydrogen-bond donors (Lipinski definition) is 0. The standard InChI is InChI=1S/C25H19N7O4.BrH.F6P.Pd/c33-31(34)22-8-4-20(5-9-22)16-27-12-14-29(18-27)24-2-1-3-25(26-24)30-15-13-28(19-30)17-21-6-10-23(11-7-21)32(35)36;;1-7(2,3,4,5)6;/h1-15H,16-17H2;1H;;/q;;-1;+2/p-1. The Labute approximate surface area is 269 Å². The van der Waals surface area contributed by atoms with Crippen molar-refractivity contribution in [2.75, 3.05) is 9.80 Å². The van der Waals surface area contributed by atoms with E-state index < -0.39 is 17.7 Å². The number of halogens is 7. The van der Waals surface area contributed by atoms with E-state index in [0.717, 1.165) is 11.1 Å². The molecule has 0 saturated carbocycles. The van der Waals surface area contributed by atoms with Crippen LogP contribution in [0.2, 0.25) is 0 Å². The second-order valence-corrected chi connectivity index (χ2v) is 10.9. The molecule has 0 saturated heterocycles. The summed E-state index contributed by atoms with van der Waals surface area (Å²) in [7, 11) is -10.7. The number of pyridine rings is 1. The van der Waals surface area contributed by atoms with Gasteiger partial charge in [0.15, 0.2) is 0 Å². The average Bonchev–Trinajstić information content (AvgIpc) is 3.63. The zero-order valence-corrected chi connectivity index (χ0v) is 26.3. The zero-order chi connectivity index (χ0) is 33.5. The quantitative estimate of drug-likeness (QED) is 0.0725. The van der Waals surface area contributed by atoms with Gasteiger partial charge in [0.25, 0.3) is 11.4 Å². The van der Waals surface area contributed by atoms with Crippen molar-refractivity contribution in [3.05, 3.63) is 136 Å². The van der Waals surface area contributed by atoms with Crippen molar-refractivity contribution in [1.82, 2.24) is 14.8 Å². The molecule has 0 bridgehead atoms. The molecule has 2 aliphatic rings. The van der Waals surface area contributed by atoms with Gasteiger partial charge >= 0.3 is 63.6 Å². The molecule has 0 atom stereocenters. The molecule has 45 heavy (non-hydrogen) atoms. The SMILES string of the molecule is F[P-](F)(F)(F)(F)F.O=[N+]([O-])c1ccc(CN2[C]N(c3cccc(N4[C]N(Cc5ccc([N+](=O)[O-])cc5)C=C4)n3)C=C2)cc1.[Br][Pd+]. The summed E-state index contributed by atoms with van der Waals surface area (Å²) in [5.41, 5.74) is 1.95. The molecule has 1 aromatic heterocycles. The Bertz CT molecular complexity index is 1460. The summed E-state index contributed by atoms with van der Waals surface area (Å²) in [4.78, 5) is 32.8. The third kappa shape index (κ3) is 12.6. The first-order valence-corrected chi connectivity index (χ1v) is 17.6. The molecule has 4 radical (unpaired) electrons. The molecular weight excluding hydrogens is 794 g/mol. The molecule has 20 heteroatoms. The molecule has 0 spiro atoms. The van der Waals surface area contributed by atoms with Gasteiger partial charge in [-0.25, -0.2) is 4.98 Å². The Morgan fingerprint density at radius 1 is 0.667 bits per heavy atom. The van der Waals surface area contributed by atoms with Crippen LogP contribution < -0.4 is 9.80 Å². The van der Waals surface area contributed by atoms with Gasteiger partial charge in [0.2, 0.25) is 13.3 Å². The van der Waals surface area contributed by atoms with Crippen LogP contribution in [0.5, 0.6) is 0 Å². The van der Waals surface area contributed by atoms with Gasteiger partial charge in [-0.15, -0.1) is 0 Å². The van der Waals surface area contributed by atoms with E-state index in [4.69, 9.17) is 4.98 Å². The molecule has 242 valence electrons. The molecule has 0 unspecified atom stereocenters. The second-order valence-electron chi connectivity index (χ2n) is 8.95. The summed E-state index contributed by atoms with van der Waals surface area (Å²) < 4.78 is 59.2. The van der Waals surface area contributed by atoms with Crippen LogP contribution in [0.3, 0.4) is 0 Å².